The molecular formula is C43H52N6O6Si. The van der Waals surface area contributed by atoms with Gasteiger partial charge in [-0.05, 0) is 86.7 Å². The number of benzene rings is 3. The highest BCUT2D eigenvalue weighted by atomic mass is 28.4. The maximum absolute atomic E-state index is 15.3. The Balaban J connectivity index is 1.13. The number of piperidine rings is 2. The van der Waals surface area contributed by atoms with Gasteiger partial charge in [-0.15, -0.1) is 5.10 Å². The van der Waals surface area contributed by atoms with Crippen LogP contribution in [0.5, 0.6) is 0 Å². The van der Waals surface area contributed by atoms with Crippen molar-refractivity contribution in [3.05, 3.63) is 101 Å². The average Bonchev–Trinajstić information content (AvgIpc) is 3.85. The molecular weight excluding hydrogens is 725 g/mol. The SMILES string of the molecule is C[C@H]1[C@H]([Si](C)(C)O)[C@@H](CCn2cc(C(CO)c3ccccc3)nn2)O[C@]12C(=O)N(Cc1cccc(N3CCCCC3=O)c1)c1ccc(N3CCCCC3=O)cc12. The van der Waals surface area contributed by atoms with Gasteiger partial charge in [0, 0.05) is 67.1 Å². The Morgan fingerprint density at radius 2 is 1.59 bits per heavy atom. The normalized spacial score (nSPS) is 24.7. The van der Waals surface area contributed by atoms with Crippen molar-refractivity contribution in [1.82, 2.24) is 15.0 Å². The van der Waals surface area contributed by atoms with Crippen LogP contribution in [0, 0.1) is 5.92 Å². The van der Waals surface area contributed by atoms with Crippen LogP contribution in [0.4, 0.5) is 17.1 Å². The van der Waals surface area contributed by atoms with Crippen LogP contribution in [-0.4, -0.2) is 76.7 Å². The molecule has 3 fully saturated rings. The molecule has 294 valence electrons. The third-order valence-corrected chi connectivity index (χ3v) is 14.9. The molecule has 5 heterocycles. The number of carbonyl (C=O) groups excluding carboxylic acids is 3. The number of fused-ring (bicyclic) bond motifs is 2. The number of rotatable bonds is 11. The fourth-order valence-electron chi connectivity index (χ4n) is 9.72. The number of aliphatic hydroxyl groups is 1. The molecule has 8 rings (SSSR count). The smallest absolute Gasteiger partial charge is 0.264 e. The number of amides is 3. The number of nitrogens with zero attached hydrogens (tertiary/aromatic N) is 6. The Morgan fingerprint density at radius 1 is 0.893 bits per heavy atom. The lowest BCUT2D eigenvalue weighted by molar-refractivity contribution is -0.146. The summed E-state index contributed by atoms with van der Waals surface area (Å²) in [6.07, 6.45) is 6.49. The first-order valence-corrected chi connectivity index (χ1v) is 23.1. The van der Waals surface area contributed by atoms with Crippen LogP contribution in [0.1, 0.15) is 80.2 Å². The van der Waals surface area contributed by atoms with Crippen LogP contribution in [0.15, 0.2) is 79.0 Å². The molecule has 0 radical (unpaired) electrons. The largest absolute Gasteiger partial charge is 0.432 e. The number of aromatic nitrogens is 3. The molecule has 1 spiro atoms. The van der Waals surface area contributed by atoms with Gasteiger partial charge in [-0.1, -0.05) is 54.6 Å². The molecule has 4 aliphatic heterocycles. The third kappa shape index (κ3) is 6.88. The van der Waals surface area contributed by atoms with E-state index in [-0.39, 0.29) is 48.3 Å². The van der Waals surface area contributed by atoms with Crippen molar-refractivity contribution in [3.8, 4) is 0 Å². The average molecular weight is 777 g/mol. The van der Waals surface area contributed by atoms with E-state index >= 15 is 4.79 Å². The molecule has 1 aromatic heterocycles. The van der Waals surface area contributed by atoms with E-state index in [1.165, 1.54) is 0 Å². The van der Waals surface area contributed by atoms with Crippen molar-refractivity contribution in [2.75, 3.05) is 34.4 Å². The summed E-state index contributed by atoms with van der Waals surface area (Å²) in [6, 6.07) is 23.4. The summed E-state index contributed by atoms with van der Waals surface area (Å²) in [5, 5.41) is 19.1. The minimum atomic E-state index is -2.96. The van der Waals surface area contributed by atoms with Crippen molar-refractivity contribution in [3.63, 3.8) is 0 Å². The molecule has 13 heteroatoms. The summed E-state index contributed by atoms with van der Waals surface area (Å²) in [4.78, 5) is 58.6. The lowest BCUT2D eigenvalue weighted by Crippen LogP contribution is -2.46. The van der Waals surface area contributed by atoms with Gasteiger partial charge in [0.15, 0.2) is 13.9 Å². The molecule has 3 amide bonds. The van der Waals surface area contributed by atoms with E-state index in [1.54, 1.807) is 9.58 Å². The quantitative estimate of drug-likeness (QED) is 0.180. The first-order valence-electron chi connectivity index (χ1n) is 20.1. The minimum absolute atomic E-state index is 0.0680. The van der Waals surface area contributed by atoms with Gasteiger partial charge in [0.1, 0.15) is 0 Å². The van der Waals surface area contributed by atoms with Crippen molar-refractivity contribution >= 4 is 43.1 Å². The number of aryl methyl sites for hydroxylation is 1. The molecule has 3 aromatic carbocycles. The lowest BCUT2D eigenvalue weighted by atomic mass is 9.82. The summed E-state index contributed by atoms with van der Waals surface area (Å²) >= 11 is 0. The Hall–Kier alpha value is -4.69. The molecule has 0 saturated carbocycles. The summed E-state index contributed by atoms with van der Waals surface area (Å²) < 4.78 is 8.91. The first-order chi connectivity index (χ1) is 27.0. The van der Waals surface area contributed by atoms with E-state index < -0.39 is 20.0 Å². The topological polar surface area (TPSA) is 141 Å². The van der Waals surface area contributed by atoms with Gasteiger partial charge in [0.2, 0.25) is 11.8 Å². The van der Waals surface area contributed by atoms with Gasteiger partial charge >= 0.3 is 0 Å². The van der Waals surface area contributed by atoms with E-state index in [0.29, 0.717) is 44.6 Å². The number of carbonyl (C=O) groups is 3. The highest BCUT2D eigenvalue weighted by molar-refractivity contribution is 6.71. The van der Waals surface area contributed by atoms with Crippen LogP contribution in [0.25, 0.3) is 0 Å². The van der Waals surface area contributed by atoms with Crippen molar-refractivity contribution in [2.45, 2.75) is 101 Å². The molecule has 4 aromatic rings. The number of hydrogen-bond acceptors (Lipinski definition) is 8. The zero-order valence-electron chi connectivity index (χ0n) is 32.5. The lowest BCUT2D eigenvalue weighted by Gasteiger charge is -2.33. The number of hydrogen-bond donors (Lipinski definition) is 2. The number of ether oxygens (including phenoxy) is 1. The highest BCUT2D eigenvalue weighted by Crippen LogP contribution is 2.60. The Labute approximate surface area is 329 Å². The molecule has 5 atom stereocenters. The number of anilines is 3. The van der Waals surface area contributed by atoms with Gasteiger partial charge in [-0.25, -0.2) is 0 Å². The second-order valence-corrected chi connectivity index (χ2v) is 20.4. The van der Waals surface area contributed by atoms with Crippen LogP contribution >= 0.6 is 0 Å². The van der Waals surface area contributed by atoms with Crippen molar-refractivity contribution < 1.29 is 29.0 Å². The number of aliphatic hydroxyl groups excluding tert-OH is 1. The predicted molar refractivity (Wildman–Crippen MR) is 216 cm³/mol. The van der Waals surface area contributed by atoms with Crippen LogP contribution in [0.2, 0.25) is 18.6 Å². The van der Waals surface area contributed by atoms with Gasteiger partial charge in [0.05, 0.1) is 36.6 Å². The van der Waals surface area contributed by atoms with E-state index in [4.69, 9.17) is 4.74 Å². The van der Waals surface area contributed by atoms with Gasteiger partial charge < -0.3 is 29.3 Å². The van der Waals surface area contributed by atoms with Crippen molar-refractivity contribution in [1.29, 1.82) is 0 Å². The summed E-state index contributed by atoms with van der Waals surface area (Å²) in [5.41, 5.74) is 3.83. The monoisotopic (exact) mass is 776 g/mol. The molecule has 56 heavy (non-hydrogen) atoms. The maximum atomic E-state index is 15.3. The van der Waals surface area contributed by atoms with Crippen LogP contribution < -0.4 is 14.7 Å². The van der Waals surface area contributed by atoms with Crippen molar-refractivity contribution in [2.24, 2.45) is 5.92 Å². The first kappa shape index (κ1) is 38.2. The Morgan fingerprint density at radius 3 is 2.25 bits per heavy atom. The van der Waals surface area contributed by atoms with Gasteiger partial charge in [-0.2, -0.15) is 0 Å². The summed E-state index contributed by atoms with van der Waals surface area (Å²) in [5.74, 6) is -0.707. The minimum Gasteiger partial charge on any atom is -0.432 e. The fourth-order valence-corrected chi connectivity index (χ4v) is 12.3. The van der Waals surface area contributed by atoms with E-state index in [0.717, 1.165) is 59.4 Å². The maximum Gasteiger partial charge on any atom is 0.264 e. The summed E-state index contributed by atoms with van der Waals surface area (Å²) in [6.45, 7) is 7.74. The molecule has 1 unspecified atom stereocenters. The van der Waals surface area contributed by atoms with Crippen LogP contribution in [-0.2, 0) is 37.8 Å². The molecule has 2 N–H and O–H groups in total. The van der Waals surface area contributed by atoms with E-state index in [2.05, 4.69) is 10.3 Å². The predicted octanol–water partition coefficient (Wildman–Crippen LogP) is 5.87. The molecule has 0 bridgehead atoms. The third-order valence-electron chi connectivity index (χ3n) is 12.4. The van der Waals surface area contributed by atoms with Crippen LogP contribution in [0.3, 0.4) is 0 Å². The second-order valence-electron chi connectivity index (χ2n) is 16.5. The molecule has 12 nitrogen and oxygen atoms in total. The zero-order valence-corrected chi connectivity index (χ0v) is 33.5. The highest BCUT2D eigenvalue weighted by Gasteiger charge is 2.66. The zero-order chi connectivity index (χ0) is 39.2. The van der Waals surface area contributed by atoms with Gasteiger partial charge in [-0.3, -0.25) is 19.1 Å². The standard InChI is InChI=1S/C43H52N6O6Si/c1-29-41(56(2,3)54)38(20-23-46-27-36(44-45-46)34(28-50)31-13-5-4-6-14-31)55-43(29)35-25-33(48-22-10-8-17-40(48)52)18-19-37(35)49(42(43)53)26-30-12-11-15-32(24-30)47-21-9-7-16-39(47)51/h4-6,11-15,18-19,24-25,27,29,34,38,41,50,54H,7-10,16-17,20-23,26,28H2,1-3H3/t29-,34?,38+,41-,43+/m0/s1. The van der Waals surface area contributed by atoms with E-state index in [9.17, 15) is 19.5 Å². The van der Waals surface area contributed by atoms with E-state index in [1.807, 2.05) is 109 Å². The Bertz CT molecular complexity index is 2100. The Kier molecular flexibility index (Phi) is 10.5. The molecule has 0 aliphatic carbocycles. The molecule has 3 saturated heterocycles. The fraction of sp³-hybridized carbons (Fsp3) is 0.465. The second kappa shape index (κ2) is 15.3. The van der Waals surface area contributed by atoms with Gasteiger partial charge in [0.25, 0.3) is 5.91 Å². The molecule has 4 aliphatic rings. The summed E-state index contributed by atoms with van der Waals surface area (Å²) in [7, 11) is -2.96.